The summed E-state index contributed by atoms with van der Waals surface area (Å²) in [6, 6.07) is 78.1. The number of aromatic nitrogens is 1. The molecule has 3 nitrogen and oxygen atoms in total. The third-order valence-electron chi connectivity index (χ3n) is 11.3. The summed E-state index contributed by atoms with van der Waals surface area (Å²) in [6.07, 6.45) is 0. The van der Waals surface area contributed by atoms with E-state index in [1.807, 2.05) is 24.3 Å². The van der Waals surface area contributed by atoms with Gasteiger partial charge in [-0.2, -0.15) is 0 Å². The highest BCUT2D eigenvalue weighted by Crippen LogP contribution is 2.39. The molecular formula is C55H36N2O. The van der Waals surface area contributed by atoms with Gasteiger partial charge in [-0.05, 0) is 145 Å². The molecule has 10 aromatic carbocycles. The second-order valence-corrected chi connectivity index (χ2v) is 14.9. The molecule has 0 spiro atoms. The second-order valence-electron chi connectivity index (χ2n) is 14.9. The molecule has 0 aliphatic heterocycles. The first kappa shape index (κ1) is 33.6. The third kappa shape index (κ3) is 6.25. The molecule has 1 aromatic heterocycles. The molecular weight excluding hydrogens is 705 g/mol. The lowest BCUT2D eigenvalue weighted by molar-refractivity contribution is 0.620. The zero-order chi connectivity index (χ0) is 38.4. The Morgan fingerprint density at radius 1 is 0.293 bits per heavy atom. The van der Waals surface area contributed by atoms with Crippen molar-refractivity contribution in [2.24, 2.45) is 0 Å². The van der Waals surface area contributed by atoms with Gasteiger partial charge in [0.2, 0.25) is 5.89 Å². The van der Waals surface area contributed by atoms with Crippen LogP contribution in [0, 0.1) is 0 Å². The number of hydrogen-bond donors (Lipinski definition) is 0. The molecule has 0 atom stereocenters. The van der Waals surface area contributed by atoms with E-state index >= 15 is 0 Å². The zero-order valence-corrected chi connectivity index (χ0v) is 31.6. The summed E-state index contributed by atoms with van der Waals surface area (Å²) in [6.45, 7) is 0. The van der Waals surface area contributed by atoms with Gasteiger partial charge in [0.15, 0.2) is 5.58 Å². The van der Waals surface area contributed by atoms with E-state index in [2.05, 4.69) is 204 Å². The maximum atomic E-state index is 6.01. The number of nitrogens with zero attached hydrogens (tertiary/aromatic N) is 2. The van der Waals surface area contributed by atoms with Crippen molar-refractivity contribution in [2.45, 2.75) is 0 Å². The van der Waals surface area contributed by atoms with Crippen LogP contribution in [-0.4, -0.2) is 4.98 Å². The van der Waals surface area contributed by atoms with Crippen molar-refractivity contribution in [2.75, 3.05) is 4.90 Å². The van der Waals surface area contributed by atoms with Gasteiger partial charge in [-0.1, -0.05) is 140 Å². The standard InChI is InChI=1S/C55H36N2O/c1-2-10-46-36-52(32-27-37(46)7-1)57(51-30-25-41(26-31-51)39-17-19-43(20-18-39)55-56-53-11-5-6-12-54(53)58-55)50-28-23-40(24-29-50)38-13-15-42(16-14-38)47-21-22-48-33-44-8-3-4-9-45(44)34-49(48)35-47/h1-36H. The van der Waals surface area contributed by atoms with Crippen LogP contribution in [0.2, 0.25) is 0 Å². The quantitative estimate of drug-likeness (QED) is 0.152. The van der Waals surface area contributed by atoms with E-state index in [-0.39, 0.29) is 0 Å². The topological polar surface area (TPSA) is 29.3 Å². The van der Waals surface area contributed by atoms with Gasteiger partial charge in [-0.25, -0.2) is 4.98 Å². The van der Waals surface area contributed by atoms with Gasteiger partial charge in [0.1, 0.15) is 5.52 Å². The number of fused-ring (bicyclic) bond motifs is 4. The SMILES string of the molecule is c1ccc2cc(N(c3ccc(-c4ccc(-c5ccc6cc7ccccc7cc6c5)cc4)cc3)c3ccc(-c4ccc(-c5nc6ccccc6o5)cc4)cc3)ccc2c1. The van der Waals surface area contributed by atoms with E-state index in [9.17, 15) is 0 Å². The number of benzene rings is 10. The van der Waals surface area contributed by atoms with E-state index < -0.39 is 0 Å². The van der Waals surface area contributed by atoms with Crippen LogP contribution in [0.4, 0.5) is 17.1 Å². The van der Waals surface area contributed by atoms with Crippen LogP contribution in [0.1, 0.15) is 0 Å². The Labute approximate surface area is 336 Å². The predicted molar refractivity (Wildman–Crippen MR) is 243 cm³/mol. The summed E-state index contributed by atoms with van der Waals surface area (Å²) in [7, 11) is 0. The summed E-state index contributed by atoms with van der Waals surface area (Å²) in [5, 5.41) is 7.48. The largest absolute Gasteiger partial charge is 0.436 e. The van der Waals surface area contributed by atoms with Crippen LogP contribution in [-0.2, 0) is 0 Å². The number of rotatable bonds is 7. The average molecular weight is 741 g/mol. The van der Waals surface area contributed by atoms with Crippen molar-refractivity contribution in [1.29, 1.82) is 0 Å². The molecule has 1 heterocycles. The molecule has 0 bridgehead atoms. The highest BCUT2D eigenvalue weighted by atomic mass is 16.3. The predicted octanol–water partition coefficient (Wildman–Crippen LogP) is 15.4. The fourth-order valence-corrected chi connectivity index (χ4v) is 8.14. The molecule has 58 heavy (non-hydrogen) atoms. The van der Waals surface area contributed by atoms with Crippen molar-refractivity contribution in [3.8, 4) is 44.8 Å². The summed E-state index contributed by atoms with van der Waals surface area (Å²) in [5.41, 5.74) is 13.0. The molecule has 0 fully saturated rings. The first-order valence-electron chi connectivity index (χ1n) is 19.7. The lowest BCUT2D eigenvalue weighted by atomic mass is 9.97. The van der Waals surface area contributed by atoms with Gasteiger partial charge in [-0.15, -0.1) is 0 Å². The fraction of sp³-hybridized carbons (Fsp3) is 0. The summed E-state index contributed by atoms with van der Waals surface area (Å²) in [5.74, 6) is 0.632. The highest BCUT2D eigenvalue weighted by molar-refractivity contribution is 6.00. The van der Waals surface area contributed by atoms with Crippen LogP contribution in [0.15, 0.2) is 223 Å². The Morgan fingerprint density at radius 3 is 1.31 bits per heavy atom. The van der Waals surface area contributed by atoms with Crippen LogP contribution < -0.4 is 4.90 Å². The van der Waals surface area contributed by atoms with Gasteiger partial charge >= 0.3 is 0 Å². The minimum atomic E-state index is 0.632. The van der Waals surface area contributed by atoms with Gasteiger partial charge in [-0.3, -0.25) is 0 Å². The number of hydrogen-bond acceptors (Lipinski definition) is 3. The number of oxazole rings is 1. The molecule has 11 aromatic rings. The molecule has 0 saturated heterocycles. The first-order chi connectivity index (χ1) is 28.7. The normalized spacial score (nSPS) is 11.4. The maximum Gasteiger partial charge on any atom is 0.227 e. The minimum absolute atomic E-state index is 0.632. The minimum Gasteiger partial charge on any atom is -0.436 e. The molecule has 0 saturated carbocycles. The van der Waals surface area contributed by atoms with Crippen molar-refractivity contribution in [3.63, 3.8) is 0 Å². The fourth-order valence-electron chi connectivity index (χ4n) is 8.14. The first-order valence-corrected chi connectivity index (χ1v) is 19.7. The molecule has 3 heteroatoms. The Hall–Kier alpha value is -7.75. The Kier molecular flexibility index (Phi) is 8.15. The summed E-state index contributed by atoms with van der Waals surface area (Å²) < 4.78 is 6.01. The lowest BCUT2D eigenvalue weighted by Crippen LogP contribution is -2.09. The van der Waals surface area contributed by atoms with Crippen molar-refractivity contribution in [1.82, 2.24) is 4.98 Å². The Morgan fingerprint density at radius 2 is 0.707 bits per heavy atom. The molecule has 0 aliphatic carbocycles. The lowest BCUT2D eigenvalue weighted by Gasteiger charge is -2.26. The van der Waals surface area contributed by atoms with E-state index in [0.29, 0.717) is 5.89 Å². The molecule has 272 valence electrons. The van der Waals surface area contributed by atoms with Crippen LogP contribution in [0.3, 0.4) is 0 Å². The van der Waals surface area contributed by atoms with Gasteiger partial charge in [0.05, 0.1) is 0 Å². The van der Waals surface area contributed by atoms with Crippen molar-refractivity contribution < 1.29 is 4.42 Å². The molecule has 0 radical (unpaired) electrons. The van der Waals surface area contributed by atoms with Gasteiger partial charge in [0.25, 0.3) is 0 Å². The van der Waals surface area contributed by atoms with E-state index in [0.717, 1.165) is 44.9 Å². The Bertz CT molecular complexity index is 3220. The summed E-state index contributed by atoms with van der Waals surface area (Å²) in [4.78, 5) is 7.01. The van der Waals surface area contributed by atoms with Gasteiger partial charge < -0.3 is 9.32 Å². The molecule has 0 N–H and O–H groups in total. The molecule has 0 aliphatic rings. The highest BCUT2D eigenvalue weighted by Gasteiger charge is 2.15. The molecule has 0 unspecified atom stereocenters. The van der Waals surface area contributed by atoms with Crippen LogP contribution in [0.5, 0.6) is 0 Å². The van der Waals surface area contributed by atoms with Crippen molar-refractivity contribution >= 4 is 60.5 Å². The summed E-state index contributed by atoms with van der Waals surface area (Å²) >= 11 is 0. The average Bonchev–Trinajstić information content (AvgIpc) is 3.74. The zero-order valence-electron chi connectivity index (χ0n) is 31.6. The van der Waals surface area contributed by atoms with Crippen LogP contribution in [0.25, 0.3) is 88.3 Å². The molecule has 0 amide bonds. The number of para-hydroxylation sites is 2. The second kappa shape index (κ2) is 14.1. The van der Waals surface area contributed by atoms with Crippen molar-refractivity contribution in [3.05, 3.63) is 218 Å². The monoisotopic (exact) mass is 740 g/mol. The van der Waals surface area contributed by atoms with E-state index in [1.165, 1.54) is 54.6 Å². The van der Waals surface area contributed by atoms with E-state index in [1.54, 1.807) is 0 Å². The smallest absolute Gasteiger partial charge is 0.227 e. The maximum absolute atomic E-state index is 6.01. The van der Waals surface area contributed by atoms with Gasteiger partial charge in [0, 0.05) is 22.6 Å². The van der Waals surface area contributed by atoms with E-state index in [4.69, 9.17) is 4.42 Å². The molecule has 11 rings (SSSR count). The Balaban J connectivity index is 0.882. The third-order valence-corrected chi connectivity index (χ3v) is 11.3. The number of anilines is 3. The van der Waals surface area contributed by atoms with Crippen LogP contribution >= 0.6 is 0 Å².